The Labute approximate surface area is 486 Å². The highest BCUT2D eigenvalue weighted by Gasteiger charge is 2.34. The molecular formula is C57H78N10O15S. The van der Waals surface area contributed by atoms with Gasteiger partial charge in [0.1, 0.15) is 47.3 Å². The van der Waals surface area contributed by atoms with Crippen LogP contribution in [0, 0.1) is 17.8 Å². The van der Waals surface area contributed by atoms with Crippen molar-refractivity contribution in [3.63, 3.8) is 0 Å². The third kappa shape index (κ3) is 25.8. The molecule has 0 bridgehead atoms. The molecule has 0 fully saturated rings. The number of amides is 10. The normalized spacial score (nSPS) is 13.6. The average molecular weight is 1180 g/mol. The summed E-state index contributed by atoms with van der Waals surface area (Å²) in [6, 6.07) is 14.0. The average Bonchev–Trinajstić information content (AvgIpc) is 3.57. The Morgan fingerprint density at radius 3 is 1.59 bits per heavy atom. The van der Waals surface area contributed by atoms with E-state index in [0.29, 0.717) is 16.0 Å². The van der Waals surface area contributed by atoms with E-state index in [-0.39, 0.29) is 56.7 Å². The number of primary amides is 1. The van der Waals surface area contributed by atoms with Crippen LogP contribution in [0.25, 0.3) is 0 Å². The minimum Gasteiger partial charge on any atom is -0.508 e. The number of unbranched alkanes of at least 4 members (excludes halogenated alkanes) is 1. The van der Waals surface area contributed by atoms with Crippen LogP contribution in [0.5, 0.6) is 5.75 Å². The highest BCUT2D eigenvalue weighted by Crippen LogP contribution is 2.25. The van der Waals surface area contributed by atoms with Crippen LogP contribution >= 0.6 is 11.8 Å². The zero-order valence-corrected chi connectivity index (χ0v) is 48.2. The summed E-state index contributed by atoms with van der Waals surface area (Å²) in [5, 5.41) is 51.3. The third-order valence-electron chi connectivity index (χ3n) is 12.6. The number of hydrogen-bond donors (Lipinski definition) is 13. The number of nitrogens with two attached hydrogens (primary N) is 1. The lowest BCUT2D eigenvalue weighted by molar-refractivity contribution is -0.139. The number of nitrogens with one attached hydrogen (secondary N) is 9. The zero-order chi connectivity index (χ0) is 61.8. The Balaban J connectivity index is 1.91. The first-order valence-corrected chi connectivity index (χ1v) is 28.0. The van der Waals surface area contributed by atoms with E-state index in [9.17, 15) is 72.9 Å². The summed E-state index contributed by atoms with van der Waals surface area (Å²) in [6.45, 7) is 8.97. The fourth-order valence-electron chi connectivity index (χ4n) is 8.14. The van der Waals surface area contributed by atoms with E-state index >= 15 is 0 Å². The fraction of sp³-hybridized carbons (Fsp3) is 0.474. The summed E-state index contributed by atoms with van der Waals surface area (Å²) < 4.78 is 0. The number of phenolic OH excluding ortho intramolecular Hbond substituents is 1. The number of aliphatic carboxylic acids is 2. The minimum atomic E-state index is -1.69. The monoisotopic (exact) mass is 1170 g/mol. The van der Waals surface area contributed by atoms with Crippen LogP contribution < -0.4 is 53.6 Å². The van der Waals surface area contributed by atoms with E-state index in [1.807, 2.05) is 0 Å². The number of rotatable bonds is 36. The van der Waals surface area contributed by atoms with Crippen molar-refractivity contribution in [1.29, 1.82) is 0 Å². The number of carbonyl (C=O) groups excluding carboxylic acids is 10. The number of thioether (sulfide) groups is 1. The highest BCUT2D eigenvalue weighted by atomic mass is 32.2. The maximum Gasteiger partial charge on any atom is 0.317 e. The molecule has 0 aliphatic rings. The van der Waals surface area contributed by atoms with Gasteiger partial charge in [-0.1, -0.05) is 90.1 Å². The van der Waals surface area contributed by atoms with Crippen molar-refractivity contribution in [2.24, 2.45) is 23.5 Å². The van der Waals surface area contributed by atoms with Crippen LogP contribution in [0.15, 0.2) is 89.8 Å². The van der Waals surface area contributed by atoms with Gasteiger partial charge in [0.25, 0.3) is 5.91 Å². The molecule has 3 rings (SSSR count). The van der Waals surface area contributed by atoms with Gasteiger partial charge in [-0.25, -0.2) is 0 Å². The first kappa shape index (κ1) is 68.7. The molecule has 0 aromatic heterocycles. The van der Waals surface area contributed by atoms with Gasteiger partial charge >= 0.3 is 11.9 Å². The molecular weight excluding hydrogens is 1100 g/mol. The number of hydrogen-bond acceptors (Lipinski definition) is 14. The molecule has 0 saturated carbocycles. The molecule has 0 aliphatic carbocycles. The van der Waals surface area contributed by atoms with E-state index in [0.717, 1.165) is 11.8 Å². The van der Waals surface area contributed by atoms with Crippen LogP contribution in [0.3, 0.4) is 0 Å². The molecule has 3 aromatic carbocycles. The first-order chi connectivity index (χ1) is 39.2. The molecule has 25 nitrogen and oxygen atoms in total. The Kier molecular flexibility index (Phi) is 29.3. The van der Waals surface area contributed by atoms with Crippen molar-refractivity contribution < 1.29 is 72.9 Å². The van der Waals surface area contributed by atoms with Crippen LogP contribution in [-0.2, 0) is 59.2 Å². The molecule has 26 heteroatoms. The zero-order valence-electron chi connectivity index (χ0n) is 47.4. The van der Waals surface area contributed by atoms with Crippen LogP contribution in [0.4, 0.5) is 0 Å². The Morgan fingerprint density at radius 1 is 0.530 bits per heavy atom. The van der Waals surface area contributed by atoms with Crippen molar-refractivity contribution in [3.8, 4) is 5.75 Å². The van der Waals surface area contributed by atoms with Crippen molar-refractivity contribution in [2.45, 2.75) is 139 Å². The van der Waals surface area contributed by atoms with Gasteiger partial charge < -0.3 is 68.9 Å². The standard InChI is InChI=1S/C57H78N10O15S/c1-32(2)27-41(65-56(80)49(34(5)6)67-46(71)30-60-51(75)36-15-9-7-10-16-36)55(79)62-39(19-13-14-26-59-44(69)29-43(57(81)82)83-38-17-11-8-12-18-38)53(77)63-40(24-25-47(72)73)54(78)64-42(28-35-20-22-37(68)23-21-35)52(76)61-31-45(70)66-48(33(3)4)50(58)74/h7-12,15-18,20-23,32-34,39-43,48-49,68H,13-14,19,24-31H2,1-6H3,(H2,58,74)(H,59,69)(H,60,75)(H,61,76)(H,62,79)(H,63,77)(H,64,78)(H,65,80)(H,66,70)(H,67,71)(H,72,73)(H,81,82)/t39-,40-,41-,42-,43-,48-,49-/m0/s1. The predicted molar refractivity (Wildman–Crippen MR) is 306 cm³/mol. The number of carbonyl (C=O) groups is 12. The van der Waals surface area contributed by atoms with Crippen molar-refractivity contribution in [2.75, 3.05) is 19.6 Å². The smallest absolute Gasteiger partial charge is 0.317 e. The van der Waals surface area contributed by atoms with E-state index in [4.69, 9.17) is 5.73 Å². The molecule has 0 unspecified atom stereocenters. The van der Waals surface area contributed by atoms with Crippen LogP contribution in [0.1, 0.15) is 102 Å². The van der Waals surface area contributed by atoms with Crippen molar-refractivity contribution in [3.05, 3.63) is 96.1 Å². The van der Waals surface area contributed by atoms with Gasteiger partial charge in [0.05, 0.1) is 13.1 Å². The lowest BCUT2D eigenvalue weighted by Gasteiger charge is -2.28. The quantitative estimate of drug-likeness (QED) is 0.0286. The summed E-state index contributed by atoms with van der Waals surface area (Å²) in [5.41, 5.74) is 6.14. The molecule has 0 spiro atoms. The number of phenols is 1. The van der Waals surface area contributed by atoms with E-state index in [1.165, 1.54) is 24.3 Å². The lowest BCUT2D eigenvalue weighted by Crippen LogP contribution is -2.60. The fourth-order valence-corrected chi connectivity index (χ4v) is 9.12. The second-order valence-electron chi connectivity index (χ2n) is 20.7. The summed E-state index contributed by atoms with van der Waals surface area (Å²) >= 11 is 1.00. The summed E-state index contributed by atoms with van der Waals surface area (Å²) in [6.07, 6.45) is -1.70. The molecule has 10 amide bonds. The molecule has 3 aromatic rings. The molecule has 0 saturated heterocycles. The number of benzene rings is 3. The van der Waals surface area contributed by atoms with Crippen LogP contribution in [0.2, 0.25) is 0 Å². The van der Waals surface area contributed by atoms with Crippen molar-refractivity contribution in [1.82, 2.24) is 47.9 Å². The maximum atomic E-state index is 14.5. The maximum absolute atomic E-state index is 14.5. The Morgan fingerprint density at radius 2 is 1.05 bits per heavy atom. The summed E-state index contributed by atoms with van der Waals surface area (Å²) in [5.74, 6) is -11.9. The highest BCUT2D eigenvalue weighted by molar-refractivity contribution is 8.00. The van der Waals surface area contributed by atoms with Gasteiger partial charge in [-0.05, 0) is 91.8 Å². The Hall–Kier alpha value is -8.55. The summed E-state index contributed by atoms with van der Waals surface area (Å²) in [7, 11) is 0. The molecule has 0 radical (unpaired) electrons. The molecule has 452 valence electrons. The molecule has 14 N–H and O–H groups in total. The minimum absolute atomic E-state index is 0.00692. The molecule has 0 aliphatic heterocycles. The van der Waals surface area contributed by atoms with Gasteiger partial charge in [0, 0.05) is 36.3 Å². The predicted octanol–water partition coefficient (Wildman–Crippen LogP) is 1.02. The number of aromatic hydroxyl groups is 1. The van der Waals surface area contributed by atoms with Gasteiger partial charge in [-0.2, -0.15) is 0 Å². The molecule has 7 atom stereocenters. The molecule has 83 heavy (non-hydrogen) atoms. The second-order valence-corrected chi connectivity index (χ2v) is 22.0. The van der Waals surface area contributed by atoms with E-state index < -0.39 is 150 Å². The van der Waals surface area contributed by atoms with Gasteiger partial charge in [-0.3, -0.25) is 57.5 Å². The van der Waals surface area contributed by atoms with Gasteiger partial charge in [-0.15, -0.1) is 11.8 Å². The van der Waals surface area contributed by atoms with Gasteiger partial charge in [0.2, 0.25) is 53.2 Å². The first-order valence-electron chi connectivity index (χ1n) is 27.2. The lowest BCUT2D eigenvalue weighted by atomic mass is 9.99. The topological polar surface area (TPSA) is 400 Å². The largest absolute Gasteiger partial charge is 0.508 e. The summed E-state index contributed by atoms with van der Waals surface area (Å²) in [4.78, 5) is 159. The van der Waals surface area contributed by atoms with E-state index in [1.54, 1.807) is 102 Å². The number of carboxylic acids is 2. The third-order valence-corrected chi connectivity index (χ3v) is 13.8. The van der Waals surface area contributed by atoms with Crippen molar-refractivity contribution >= 4 is 82.8 Å². The number of carboxylic acid groups (broad SMARTS) is 2. The van der Waals surface area contributed by atoms with E-state index in [2.05, 4.69) is 47.9 Å². The molecule has 0 heterocycles. The van der Waals surface area contributed by atoms with Gasteiger partial charge in [0.15, 0.2) is 0 Å². The second kappa shape index (κ2) is 35.3. The SMILES string of the molecule is CC(C)C[C@H](NC(=O)[C@@H](NC(=O)CNC(=O)c1ccccc1)C(C)C)C(=O)N[C@@H](CCCCNC(=O)C[C@H](Sc1ccccc1)C(=O)O)C(=O)N[C@@H](CCC(=O)O)C(=O)N[C@@H](Cc1ccc(O)cc1)C(=O)NCC(=O)N[C@H](C(N)=O)C(C)C. The Bertz CT molecular complexity index is 2700. The van der Waals surface area contributed by atoms with Crippen LogP contribution in [-0.4, -0.2) is 147 Å².